The van der Waals surface area contributed by atoms with Gasteiger partial charge in [0.1, 0.15) is 0 Å². The summed E-state index contributed by atoms with van der Waals surface area (Å²) >= 11 is 5.41. The van der Waals surface area contributed by atoms with Gasteiger partial charge in [-0.3, -0.25) is 0 Å². The lowest BCUT2D eigenvalue weighted by molar-refractivity contribution is 0.445. The molecule has 0 aliphatic carbocycles. The van der Waals surface area contributed by atoms with E-state index in [1.54, 1.807) is 0 Å². The SMILES string of the molecule is CC1(C)CNCc2cc(Br)sc21. The first-order chi connectivity index (χ1) is 5.59. The molecule has 12 heavy (non-hydrogen) atoms. The van der Waals surface area contributed by atoms with E-state index in [0.717, 1.165) is 13.1 Å². The van der Waals surface area contributed by atoms with E-state index >= 15 is 0 Å². The molecule has 66 valence electrons. The zero-order valence-electron chi connectivity index (χ0n) is 7.28. The number of thiophene rings is 1. The topological polar surface area (TPSA) is 12.0 Å². The maximum Gasteiger partial charge on any atom is 0.0704 e. The van der Waals surface area contributed by atoms with Crippen molar-refractivity contribution < 1.29 is 0 Å². The minimum Gasteiger partial charge on any atom is -0.312 e. The number of nitrogens with one attached hydrogen (secondary N) is 1. The Bertz CT molecular complexity index is 303. The summed E-state index contributed by atoms with van der Waals surface area (Å²) in [7, 11) is 0. The zero-order chi connectivity index (χ0) is 8.77. The molecule has 3 heteroatoms. The lowest BCUT2D eigenvalue weighted by atomic mass is 9.86. The number of halogens is 1. The summed E-state index contributed by atoms with van der Waals surface area (Å²) in [4.78, 5) is 1.54. The predicted molar refractivity (Wildman–Crippen MR) is 56.8 cm³/mol. The van der Waals surface area contributed by atoms with Crippen molar-refractivity contribution in [2.75, 3.05) is 6.54 Å². The Balaban J connectivity index is 2.51. The van der Waals surface area contributed by atoms with Gasteiger partial charge in [-0.15, -0.1) is 11.3 Å². The molecule has 0 aromatic carbocycles. The molecular formula is C9H12BrNS. The van der Waals surface area contributed by atoms with Crippen LogP contribution < -0.4 is 5.32 Å². The number of fused-ring (bicyclic) bond motifs is 1. The maximum atomic E-state index is 3.53. The Kier molecular flexibility index (Phi) is 2.05. The molecule has 0 saturated heterocycles. The molecule has 2 rings (SSSR count). The molecule has 1 N–H and O–H groups in total. The predicted octanol–water partition coefficient (Wildman–Crippen LogP) is 2.89. The molecular weight excluding hydrogens is 234 g/mol. The van der Waals surface area contributed by atoms with E-state index in [-0.39, 0.29) is 0 Å². The van der Waals surface area contributed by atoms with Crippen LogP contribution in [-0.2, 0) is 12.0 Å². The van der Waals surface area contributed by atoms with Gasteiger partial charge in [0.25, 0.3) is 0 Å². The van der Waals surface area contributed by atoms with E-state index in [1.165, 1.54) is 14.2 Å². The summed E-state index contributed by atoms with van der Waals surface area (Å²) < 4.78 is 1.25. The van der Waals surface area contributed by atoms with Crippen molar-refractivity contribution in [1.29, 1.82) is 0 Å². The Morgan fingerprint density at radius 2 is 2.33 bits per heavy atom. The lowest BCUT2D eigenvalue weighted by Crippen LogP contribution is -2.37. The van der Waals surface area contributed by atoms with Crippen molar-refractivity contribution in [2.24, 2.45) is 0 Å². The van der Waals surface area contributed by atoms with Gasteiger partial charge in [-0.2, -0.15) is 0 Å². The van der Waals surface area contributed by atoms with E-state index < -0.39 is 0 Å². The highest BCUT2D eigenvalue weighted by molar-refractivity contribution is 9.11. The average molecular weight is 246 g/mol. The van der Waals surface area contributed by atoms with Crippen LogP contribution in [0.4, 0.5) is 0 Å². The largest absolute Gasteiger partial charge is 0.312 e. The molecule has 0 bridgehead atoms. The van der Waals surface area contributed by atoms with Crippen LogP contribution >= 0.6 is 27.3 Å². The van der Waals surface area contributed by atoms with Crippen LogP contribution in [0.3, 0.4) is 0 Å². The van der Waals surface area contributed by atoms with Gasteiger partial charge in [0.2, 0.25) is 0 Å². The van der Waals surface area contributed by atoms with Crippen molar-refractivity contribution in [2.45, 2.75) is 25.8 Å². The summed E-state index contributed by atoms with van der Waals surface area (Å²) in [5.41, 5.74) is 1.77. The Labute approximate surface area is 85.3 Å². The second kappa shape index (κ2) is 2.82. The summed E-state index contributed by atoms with van der Waals surface area (Å²) in [6, 6.07) is 2.23. The van der Waals surface area contributed by atoms with Gasteiger partial charge < -0.3 is 5.32 Å². The zero-order valence-corrected chi connectivity index (χ0v) is 9.68. The molecule has 0 unspecified atom stereocenters. The first-order valence-corrected chi connectivity index (χ1v) is 5.70. The van der Waals surface area contributed by atoms with Crippen molar-refractivity contribution in [1.82, 2.24) is 5.32 Å². The van der Waals surface area contributed by atoms with Crippen molar-refractivity contribution in [3.05, 3.63) is 20.3 Å². The van der Waals surface area contributed by atoms with Crippen LogP contribution in [0, 0.1) is 0 Å². The molecule has 0 fully saturated rings. The number of hydrogen-bond donors (Lipinski definition) is 1. The average Bonchev–Trinajstić information content (AvgIpc) is 2.30. The van der Waals surface area contributed by atoms with Gasteiger partial charge in [0, 0.05) is 23.4 Å². The van der Waals surface area contributed by atoms with Crippen LogP contribution in [0.15, 0.2) is 9.85 Å². The third kappa shape index (κ3) is 1.34. The van der Waals surface area contributed by atoms with Crippen LogP contribution in [0.5, 0.6) is 0 Å². The highest BCUT2D eigenvalue weighted by atomic mass is 79.9. The normalized spacial score (nSPS) is 20.6. The van der Waals surface area contributed by atoms with Crippen molar-refractivity contribution >= 4 is 27.3 Å². The van der Waals surface area contributed by atoms with Crippen LogP contribution in [0.2, 0.25) is 0 Å². The van der Waals surface area contributed by atoms with E-state index in [4.69, 9.17) is 0 Å². The smallest absolute Gasteiger partial charge is 0.0704 e. The molecule has 1 aliphatic heterocycles. The van der Waals surface area contributed by atoms with Crippen LogP contribution in [0.1, 0.15) is 24.3 Å². The first-order valence-electron chi connectivity index (χ1n) is 4.09. The van der Waals surface area contributed by atoms with Crippen LogP contribution in [0.25, 0.3) is 0 Å². The van der Waals surface area contributed by atoms with E-state index in [2.05, 4.69) is 41.2 Å². The van der Waals surface area contributed by atoms with Crippen molar-refractivity contribution in [3.63, 3.8) is 0 Å². The van der Waals surface area contributed by atoms with Gasteiger partial charge in [-0.05, 0) is 27.6 Å². The molecule has 0 radical (unpaired) electrons. The monoisotopic (exact) mass is 245 g/mol. The Hall–Kier alpha value is 0.140. The molecule has 1 aromatic rings. The highest BCUT2D eigenvalue weighted by Crippen LogP contribution is 2.38. The lowest BCUT2D eigenvalue weighted by Gasteiger charge is -2.30. The summed E-state index contributed by atoms with van der Waals surface area (Å²) in [5, 5.41) is 3.43. The van der Waals surface area contributed by atoms with Gasteiger partial charge in [-0.25, -0.2) is 0 Å². The molecule has 0 spiro atoms. The van der Waals surface area contributed by atoms with Crippen LogP contribution in [-0.4, -0.2) is 6.54 Å². The molecule has 2 heterocycles. The van der Waals surface area contributed by atoms with Gasteiger partial charge >= 0.3 is 0 Å². The van der Waals surface area contributed by atoms with E-state index in [1.807, 2.05) is 11.3 Å². The number of rotatable bonds is 0. The Morgan fingerprint density at radius 3 is 3.00 bits per heavy atom. The summed E-state index contributed by atoms with van der Waals surface area (Å²) in [6.07, 6.45) is 0. The van der Waals surface area contributed by atoms with Crippen molar-refractivity contribution in [3.8, 4) is 0 Å². The fraction of sp³-hybridized carbons (Fsp3) is 0.556. The molecule has 1 nitrogen and oxygen atoms in total. The number of hydrogen-bond acceptors (Lipinski definition) is 2. The van der Waals surface area contributed by atoms with Gasteiger partial charge in [0.15, 0.2) is 0 Å². The Morgan fingerprint density at radius 1 is 1.58 bits per heavy atom. The second-order valence-corrected chi connectivity index (χ2v) is 6.32. The fourth-order valence-electron chi connectivity index (χ4n) is 1.69. The minimum atomic E-state index is 0.310. The van der Waals surface area contributed by atoms with Gasteiger partial charge in [-0.1, -0.05) is 13.8 Å². The summed E-state index contributed by atoms with van der Waals surface area (Å²) in [5.74, 6) is 0. The highest BCUT2D eigenvalue weighted by Gasteiger charge is 2.29. The first kappa shape index (κ1) is 8.73. The second-order valence-electron chi connectivity index (χ2n) is 3.89. The molecule has 0 saturated carbocycles. The third-order valence-corrected chi connectivity index (χ3v) is 4.32. The molecule has 0 amide bonds. The molecule has 1 aromatic heterocycles. The molecule has 0 atom stereocenters. The standard InChI is InChI=1S/C9H12BrNS/c1-9(2)5-11-4-6-3-7(10)12-8(6)9/h3,11H,4-5H2,1-2H3. The summed E-state index contributed by atoms with van der Waals surface area (Å²) in [6.45, 7) is 6.70. The van der Waals surface area contributed by atoms with Gasteiger partial charge in [0.05, 0.1) is 3.79 Å². The van der Waals surface area contributed by atoms with E-state index in [0.29, 0.717) is 5.41 Å². The molecule has 1 aliphatic rings. The van der Waals surface area contributed by atoms with E-state index in [9.17, 15) is 0 Å². The quantitative estimate of drug-likeness (QED) is 0.742. The maximum absolute atomic E-state index is 3.53. The minimum absolute atomic E-state index is 0.310. The fourth-order valence-corrected chi connectivity index (χ4v) is 3.46. The third-order valence-electron chi connectivity index (χ3n) is 2.28.